The molecule has 9 heteroatoms. The maximum Gasteiger partial charge on any atom is 0.338 e. The smallest absolute Gasteiger partial charge is 0.338 e. The summed E-state index contributed by atoms with van der Waals surface area (Å²) in [4.78, 5) is 31.7. The molecule has 0 bridgehead atoms. The highest BCUT2D eigenvalue weighted by atomic mass is 32.2. The minimum absolute atomic E-state index is 0.108. The topological polar surface area (TPSA) is 93.6 Å². The molecule has 0 aliphatic heterocycles. The van der Waals surface area contributed by atoms with E-state index in [2.05, 4.69) is 11.9 Å². The minimum atomic E-state index is -3.36. The van der Waals surface area contributed by atoms with E-state index in [9.17, 15) is 18.0 Å². The maximum atomic E-state index is 13.0. The molecule has 0 fully saturated rings. The van der Waals surface area contributed by atoms with Gasteiger partial charge in [0, 0.05) is 23.7 Å². The Morgan fingerprint density at radius 1 is 1.00 bits per heavy atom. The van der Waals surface area contributed by atoms with Crippen LogP contribution in [0.15, 0.2) is 64.9 Å². The molecule has 0 spiro atoms. The second kappa shape index (κ2) is 11.9. The van der Waals surface area contributed by atoms with Crippen molar-refractivity contribution in [3.63, 3.8) is 0 Å². The maximum absolute atomic E-state index is 13.0. The molecule has 1 aromatic heterocycles. The lowest BCUT2D eigenvalue weighted by Gasteiger charge is -2.20. The molecule has 0 atom stereocenters. The van der Waals surface area contributed by atoms with Crippen molar-refractivity contribution >= 4 is 38.2 Å². The summed E-state index contributed by atoms with van der Waals surface area (Å²) in [6.07, 6.45) is 5.06. The van der Waals surface area contributed by atoms with Crippen molar-refractivity contribution in [1.29, 1.82) is 0 Å². The number of carbonyl (C=O) groups is 2. The number of sulfone groups is 1. The Hall–Kier alpha value is -3.04. The van der Waals surface area contributed by atoms with Crippen LogP contribution in [0, 0.1) is 0 Å². The average molecular weight is 501 g/mol. The molecular formula is C25H28N2O5S2. The van der Waals surface area contributed by atoms with Crippen LogP contribution < -0.4 is 4.90 Å². The van der Waals surface area contributed by atoms with Gasteiger partial charge < -0.3 is 4.74 Å². The Bertz CT molecular complexity index is 1210. The zero-order valence-corrected chi connectivity index (χ0v) is 20.9. The third-order valence-electron chi connectivity index (χ3n) is 5.17. The van der Waals surface area contributed by atoms with Crippen LogP contribution in [-0.4, -0.2) is 44.7 Å². The van der Waals surface area contributed by atoms with Gasteiger partial charge in [0.25, 0.3) is 5.91 Å². The summed E-state index contributed by atoms with van der Waals surface area (Å²) >= 11 is 1.38. The first-order valence-corrected chi connectivity index (χ1v) is 13.8. The summed E-state index contributed by atoms with van der Waals surface area (Å²) in [5, 5.41) is 2.47. The van der Waals surface area contributed by atoms with Crippen LogP contribution in [0.5, 0.6) is 0 Å². The van der Waals surface area contributed by atoms with Crippen molar-refractivity contribution in [2.75, 3.05) is 24.3 Å². The molecule has 34 heavy (non-hydrogen) atoms. The molecule has 1 amide bonds. The van der Waals surface area contributed by atoms with Gasteiger partial charge in [0.1, 0.15) is 0 Å². The molecule has 0 saturated carbocycles. The Balaban J connectivity index is 1.69. The molecule has 7 nitrogen and oxygen atoms in total. The normalized spacial score (nSPS) is 11.2. The van der Waals surface area contributed by atoms with Gasteiger partial charge >= 0.3 is 5.97 Å². The Labute approximate surface area is 204 Å². The first-order valence-electron chi connectivity index (χ1n) is 11.1. The Morgan fingerprint density at radius 3 is 2.35 bits per heavy atom. The lowest BCUT2D eigenvalue weighted by Crippen LogP contribution is -2.35. The zero-order chi connectivity index (χ0) is 24.6. The molecule has 0 saturated heterocycles. The van der Waals surface area contributed by atoms with Gasteiger partial charge in [-0.15, -0.1) is 11.3 Å². The van der Waals surface area contributed by atoms with Gasteiger partial charge in [0.2, 0.25) is 0 Å². The zero-order valence-electron chi connectivity index (χ0n) is 19.3. The largest absolute Gasteiger partial charge is 0.452 e. The quantitative estimate of drug-likeness (QED) is 0.272. The Morgan fingerprint density at radius 2 is 1.71 bits per heavy atom. The first-order chi connectivity index (χ1) is 16.3. The standard InChI is InChI=1S/C25H28N2O5S2/c1-3-4-5-9-16-27(25-26-22(18-33-25)19-10-7-6-8-11-19)23(28)17-32-24(29)20-12-14-21(15-13-20)34(2,30)31/h6-8,10-15,18H,3-5,9,16-17H2,1-2H3. The molecule has 0 aliphatic rings. The fraction of sp³-hybridized carbons (Fsp3) is 0.320. The highest BCUT2D eigenvalue weighted by molar-refractivity contribution is 7.90. The van der Waals surface area contributed by atoms with E-state index in [1.807, 2.05) is 35.7 Å². The number of ether oxygens (including phenoxy) is 1. The molecule has 0 aliphatic carbocycles. The molecule has 180 valence electrons. The van der Waals surface area contributed by atoms with E-state index >= 15 is 0 Å². The number of anilines is 1. The lowest BCUT2D eigenvalue weighted by atomic mass is 10.2. The summed E-state index contributed by atoms with van der Waals surface area (Å²) in [5.74, 6) is -1.05. The molecule has 3 aromatic rings. The van der Waals surface area contributed by atoms with E-state index in [0.29, 0.717) is 11.7 Å². The van der Waals surface area contributed by atoms with E-state index < -0.39 is 22.4 Å². The van der Waals surface area contributed by atoms with E-state index in [0.717, 1.165) is 43.2 Å². The van der Waals surface area contributed by atoms with Gasteiger partial charge in [0.05, 0.1) is 16.2 Å². The van der Waals surface area contributed by atoms with Crippen LogP contribution in [0.2, 0.25) is 0 Å². The van der Waals surface area contributed by atoms with Gasteiger partial charge in [-0.05, 0) is 30.7 Å². The summed E-state index contributed by atoms with van der Waals surface area (Å²) in [5.41, 5.74) is 1.93. The summed E-state index contributed by atoms with van der Waals surface area (Å²) in [6.45, 7) is 2.18. The third-order valence-corrected chi connectivity index (χ3v) is 7.17. The van der Waals surface area contributed by atoms with Crippen LogP contribution >= 0.6 is 11.3 Å². The fourth-order valence-corrected chi connectivity index (χ4v) is 4.79. The van der Waals surface area contributed by atoms with E-state index in [4.69, 9.17) is 4.74 Å². The number of amides is 1. The highest BCUT2D eigenvalue weighted by Crippen LogP contribution is 2.28. The average Bonchev–Trinajstić information content (AvgIpc) is 3.32. The molecule has 0 N–H and O–H groups in total. The number of carbonyl (C=O) groups excluding carboxylic acids is 2. The van der Waals surface area contributed by atoms with Gasteiger partial charge in [0.15, 0.2) is 21.6 Å². The molecule has 3 rings (SSSR count). The molecule has 2 aromatic carbocycles. The second-order valence-corrected chi connectivity index (χ2v) is 10.7. The van der Waals surface area contributed by atoms with Gasteiger partial charge in [-0.3, -0.25) is 9.69 Å². The van der Waals surface area contributed by atoms with Crippen LogP contribution in [0.3, 0.4) is 0 Å². The summed E-state index contributed by atoms with van der Waals surface area (Å²) < 4.78 is 28.4. The van der Waals surface area contributed by atoms with Crippen molar-refractivity contribution < 1.29 is 22.7 Å². The van der Waals surface area contributed by atoms with Gasteiger partial charge in [-0.1, -0.05) is 56.5 Å². The number of unbranched alkanes of at least 4 members (excludes halogenated alkanes) is 3. The van der Waals surface area contributed by atoms with Crippen LogP contribution in [0.25, 0.3) is 11.3 Å². The van der Waals surface area contributed by atoms with E-state index in [-0.39, 0.29) is 16.4 Å². The predicted octanol–water partition coefficient (Wildman–Crippen LogP) is 4.98. The monoisotopic (exact) mass is 500 g/mol. The van der Waals surface area contributed by atoms with Crippen LogP contribution in [0.4, 0.5) is 5.13 Å². The molecule has 0 radical (unpaired) electrons. The van der Waals surface area contributed by atoms with Gasteiger partial charge in [-0.25, -0.2) is 18.2 Å². The molecular weight excluding hydrogens is 472 g/mol. The number of hydrogen-bond donors (Lipinski definition) is 0. The summed E-state index contributed by atoms with van der Waals surface area (Å²) in [7, 11) is -3.36. The van der Waals surface area contributed by atoms with Crippen molar-refractivity contribution in [1.82, 2.24) is 4.98 Å². The summed E-state index contributed by atoms with van der Waals surface area (Å²) in [6, 6.07) is 15.2. The Kier molecular flexibility index (Phi) is 8.95. The van der Waals surface area contributed by atoms with E-state index in [1.165, 1.54) is 35.6 Å². The number of thiazole rings is 1. The SMILES string of the molecule is CCCCCCN(C(=O)COC(=O)c1ccc(S(C)(=O)=O)cc1)c1nc(-c2ccccc2)cs1. The number of esters is 1. The van der Waals surface area contributed by atoms with Crippen LogP contribution in [-0.2, 0) is 19.4 Å². The van der Waals surface area contributed by atoms with Gasteiger partial charge in [-0.2, -0.15) is 0 Å². The van der Waals surface area contributed by atoms with Crippen molar-refractivity contribution in [2.45, 2.75) is 37.5 Å². The lowest BCUT2D eigenvalue weighted by molar-refractivity contribution is -0.121. The number of aromatic nitrogens is 1. The number of hydrogen-bond acceptors (Lipinski definition) is 7. The molecule has 0 unspecified atom stereocenters. The molecule has 1 heterocycles. The van der Waals surface area contributed by atoms with Crippen molar-refractivity contribution in [2.24, 2.45) is 0 Å². The van der Waals surface area contributed by atoms with Crippen LogP contribution in [0.1, 0.15) is 43.0 Å². The first kappa shape index (κ1) is 25.6. The fourth-order valence-electron chi connectivity index (χ4n) is 3.28. The van der Waals surface area contributed by atoms with E-state index in [1.54, 1.807) is 4.90 Å². The number of rotatable bonds is 11. The van der Waals surface area contributed by atoms with Crippen molar-refractivity contribution in [3.05, 3.63) is 65.5 Å². The second-order valence-electron chi connectivity index (χ2n) is 7.86. The number of benzene rings is 2. The number of nitrogens with zero attached hydrogens (tertiary/aromatic N) is 2. The minimum Gasteiger partial charge on any atom is -0.452 e. The third kappa shape index (κ3) is 6.98. The predicted molar refractivity (Wildman–Crippen MR) is 134 cm³/mol. The highest BCUT2D eigenvalue weighted by Gasteiger charge is 2.21. The van der Waals surface area contributed by atoms with Crippen molar-refractivity contribution in [3.8, 4) is 11.3 Å².